The zero-order chi connectivity index (χ0) is 18.7. The standard InChI is InChI=1S/C19H26N2O4S/c1-13(2)25-9-8-21-18(23)16(15-6-4-10-26-15)17(19(21)24)20-7-3-5-14(11-20)12-22/h4,6,10,13-14,22H,3,5,7-9,11-12H2,1-2H3. The highest BCUT2D eigenvalue weighted by atomic mass is 32.1. The average molecular weight is 378 g/mol. The summed E-state index contributed by atoms with van der Waals surface area (Å²) in [6.45, 7) is 5.89. The molecule has 1 unspecified atom stereocenters. The monoisotopic (exact) mass is 378 g/mol. The van der Waals surface area contributed by atoms with Gasteiger partial charge in [-0.3, -0.25) is 14.5 Å². The number of amides is 2. The van der Waals surface area contributed by atoms with Crippen LogP contribution in [0, 0.1) is 5.92 Å². The van der Waals surface area contributed by atoms with Crippen LogP contribution in [0.25, 0.3) is 5.57 Å². The molecule has 1 N–H and O–H groups in total. The molecule has 0 radical (unpaired) electrons. The van der Waals surface area contributed by atoms with E-state index >= 15 is 0 Å². The fraction of sp³-hybridized carbons (Fsp3) is 0.579. The average Bonchev–Trinajstić information content (AvgIpc) is 3.23. The third-order valence-corrected chi connectivity index (χ3v) is 5.66. The summed E-state index contributed by atoms with van der Waals surface area (Å²) in [6, 6.07) is 3.77. The molecule has 1 fully saturated rings. The Morgan fingerprint density at radius 2 is 2.15 bits per heavy atom. The van der Waals surface area contributed by atoms with Gasteiger partial charge in [0.15, 0.2) is 0 Å². The van der Waals surface area contributed by atoms with Gasteiger partial charge in [0.1, 0.15) is 5.70 Å². The van der Waals surface area contributed by atoms with E-state index in [1.54, 1.807) is 0 Å². The Labute approximate surface area is 158 Å². The smallest absolute Gasteiger partial charge is 0.277 e. The van der Waals surface area contributed by atoms with Crippen LogP contribution < -0.4 is 0 Å². The van der Waals surface area contributed by atoms with Crippen molar-refractivity contribution in [3.63, 3.8) is 0 Å². The lowest BCUT2D eigenvalue weighted by Gasteiger charge is -2.34. The molecule has 0 spiro atoms. The van der Waals surface area contributed by atoms with E-state index in [1.807, 2.05) is 36.3 Å². The summed E-state index contributed by atoms with van der Waals surface area (Å²) >= 11 is 1.47. The summed E-state index contributed by atoms with van der Waals surface area (Å²) in [6.07, 6.45) is 1.91. The number of hydrogen-bond donors (Lipinski definition) is 1. The van der Waals surface area contributed by atoms with Crippen molar-refractivity contribution < 1.29 is 19.4 Å². The molecule has 2 aliphatic rings. The number of aliphatic hydroxyl groups is 1. The van der Waals surface area contributed by atoms with Crippen LogP contribution in [-0.4, -0.2) is 65.7 Å². The minimum absolute atomic E-state index is 0.0550. The molecule has 1 saturated heterocycles. The first-order valence-electron chi connectivity index (χ1n) is 9.14. The highest BCUT2D eigenvalue weighted by Gasteiger charge is 2.42. The third-order valence-electron chi connectivity index (χ3n) is 4.77. The topological polar surface area (TPSA) is 70.1 Å². The number of thiophene rings is 1. The summed E-state index contributed by atoms with van der Waals surface area (Å²) < 4.78 is 5.53. The zero-order valence-electron chi connectivity index (χ0n) is 15.3. The van der Waals surface area contributed by atoms with E-state index in [1.165, 1.54) is 16.2 Å². The number of piperidine rings is 1. The van der Waals surface area contributed by atoms with Gasteiger partial charge in [0.25, 0.3) is 11.8 Å². The lowest BCUT2D eigenvalue weighted by molar-refractivity contribution is -0.138. The summed E-state index contributed by atoms with van der Waals surface area (Å²) in [5.74, 6) is -0.350. The normalized spacial score (nSPS) is 21.5. The molecule has 3 rings (SSSR count). The van der Waals surface area contributed by atoms with Crippen molar-refractivity contribution in [1.29, 1.82) is 0 Å². The van der Waals surface area contributed by atoms with Gasteiger partial charge in [-0.05, 0) is 44.1 Å². The third kappa shape index (κ3) is 3.84. The molecule has 0 saturated carbocycles. The Hall–Kier alpha value is -1.70. The quantitative estimate of drug-likeness (QED) is 0.735. The van der Waals surface area contributed by atoms with Crippen molar-refractivity contribution in [2.24, 2.45) is 5.92 Å². The number of likely N-dealkylation sites (tertiary alicyclic amines) is 1. The van der Waals surface area contributed by atoms with Gasteiger partial charge >= 0.3 is 0 Å². The molecule has 0 aromatic carbocycles. The van der Waals surface area contributed by atoms with Gasteiger partial charge in [-0.1, -0.05) is 6.07 Å². The molecule has 6 nitrogen and oxygen atoms in total. The second kappa shape index (κ2) is 8.33. The first-order chi connectivity index (χ1) is 12.5. The summed E-state index contributed by atoms with van der Waals surface area (Å²) in [4.78, 5) is 30.2. The predicted molar refractivity (Wildman–Crippen MR) is 100 cm³/mol. The summed E-state index contributed by atoms with van der Waals surface area (Å²) in [7, 11) is 0. The number of ether oxygens (including phenoxy) is 1. The summed E-state index contributed by atoms with van der Waals surface area (Å²) in [5.41, 5.74) is 0.980. The first-order valence-corrected chi connectivity index (χ1v) is 10.0. The molecule has 1 aromatic rings. The molecule has 2 amide bonds. The molecule has 0 aliphatic carbocycles. The summed E-state index contributed by atoms with van der Waals surface area (Å²) in [5, 5.41) is 11.4. The maximum atomic E-state index is 13.1. The number of aliphatic hydroxyl groups excluding tert-OH is 1. The number of carbonyl (C=O) groups is 2. The first kappa shape index (κ1) is 19.1. The lowest BCUT2D eigenvalue weighted by atomic mass is 9.98. The Morgan fingerprint density at radius 3 is 2.81 bits per heavy atom. The number of nitrogens with zero attached hydrogens (tertiary/aromatic N) is 2. The molecular weight excluding hydrogens is 352 g/mol. The molecule has 3 heterocycles. The van der Waals surface area contributed by atoms with Crippen molar-refractivity contribution >= 4 is 28.7 Å². The SMILES string of the molecule is CC(C)OCCN1C(=O)C(c2cccs2)=C(N2CCCC(CO)C2)C1=O. The van der Waals surface area contributed by atoms with Crippen LogP contribution in [0.1, 0.15) is 31.6 Å². The van der Waals surface area contributed by atoms with E-state index in [-0.39, 0.29) is 37.0 Å². The van der Waals surface area contributed by atoms with Crippen LogP contribution in [-0.2, 0) is 14.3 Å². The van der Waals surface area contributed by atoms with E-state index < -0.39 is 0 Å². The van der Waals surface area contributed by atoms with E-state index in [0.717, 1.165) is 24.3 Å². The zero-order valence-corrected chi connectivity index (χ0v) is 16.1. The molecule has 142 valence electrons. The molecule has 1 aromatic heterocycles. The molecule has 2 aliphatic heterocycles. The van der Waals surface area contributed by atoms with Gasteiger partial charge in [-0.2, -0.15) is 0 Å². The van der Waals surface area contributed by atoms with Crippen molar-refractivity contribution in [3.05, 3.63) is 28.1 Å². The Balaban J connectivity index is 1.88. The van der Waals surface area contributed by atoms with Crippen LogP contribution in [0.5, 0.6) is 0 Å². The lowest BCUT2D eigenvalue weighted by Crippen LogP contribution is -2.41. The maximum Gasteiger partial charge on any atom is 0.277 e. The van der Waals surface area contributed by atoms with E-state index in [4.69, 9.17) is 4.74 Å². The molecule has 1 atom stereocenters. The number of imide groups is 1. The van der Waals surface area contributed by atoms with Crippen molar-refractivity contribution in [1.82, 2.24) is 9.80 Å². The number of rotatable bonds is 7. The van der Waals surface area contributed by atoms with E-state index in [9.17, 15) is 14.7 Å². The van der Waals surface area contributed by atoms with Gasteiger partial charge in [0.05, 0.1) is 24.8 Å². The van der Waals surface area contributed by atoms with Crippen LogP contribution in [0.2, 0.25) is 0 Å². The van der Waals surface area contributed by atoms with Crippen LogP contribution in [0.3, 0.4) is 0 Å². The fourth-order valence-electron chi connectivity index (χ4n) is 3.50. The van der Waals surface area contributed by atoms with Gasteiger partial charge in [0, 0.05) is 24.6 Å². The highest BCUT2D eigenvalue weighted by molar-refractivity contribution is 7.11. The van der Waals surface area contributed by atoms with E-state index in [2.05, 4.69) is 0 Å². The minimum Gasteiger partial charge on any atom is -0.396 e. The highest BCUT2D eigenvalue weighted by Crippen LogP contribution is 2.35. The number of carbonyl (C=O) groups excluding carboxylic acids is 2. The van der Waals surface area contributed by atoms with Gasteiger partial charge < -0.3 is 14.7 Å². The second-order valence-corrected chi connectivity index (χ2v) is 7.97. The Morgan fingerprint density at radius 1 is 1.35 bits per heavy atom. The van der Waals surface area contributed by atoms with Crippen LogP contribution in [0.4, 0.5) is 0 Å². The maximum absolute atomic E-state index is 13.1. The van der Waals surface area contributed by atoms with E-state index in [0.29, 0.717) is 24.4 Å². The van der Waals surface area contributed by atoms with Crippen molar-refractivity contribution in [2.75, 3.05) is 32.8 Å². The minimum atomic E-state index is -0.246. The van der Waals surface area contributed by atoms with Gasteiger partial charge in [-0.25, -0.2) is 0 Å². The largest absolute Gasteiger partial charge is 0.396 e. The fourth-order valence-corrected chi connectivity index (χ4v) is 4.26. The van der Waals surface area contributed by atoms with Crippen LogP contribution >= 0.6 is 11.3 Å². The molecular formula is C19H26N2O4S. The van der Waals surface area contributed by atoms with Gasteiger partial charge in [0.2, 0.25) is 0 Å². The van der Waals surface area contributed by atoms with Crippen LogP contribution in [0.15, 0.2) is 23.2 Å². The second-order valence-electron chi connectivity index (χ2n) is 7.02. The van der Waals surface area contributed by atoms with Crippen molar-refractivity contribution in [2.45, 2.75) is 32.8 Å². The number of hydrogen-bond acceptors (Lipinski definition) is 6. The Bertz CT molecular complexity index is 684. The predicted octanol–water partition coefficient (Wildman–Crippen LogP) is 1.96. The molecule has 26 heavy (non-hydrogen) atoms. The van der Waals surface area contributed by atoms with Gasteiger partial charge in [-0.15, -0.1) is 11.3 Å². The van der Waals surface area contributed by atoms with Crippen molar-refractivity contribution in [3.8, 4) is 0 Å². The molecule has 7 heteroatoms. The molecule has 0 bridgehead atoms. The Kier molecular flexibility index (Phi) is 6.11.